The van der Waals surface area contributed by atoms with Gasteiger partial charge >= 0.3 is 17.9 Å². The minimum atomic E-state index is -0.768. The number of carbonyl (C=O) groups is 4. The lowest BCUT2D eigenvalue weighted by molar-refractivity contribution is -0.141. The van der Waals surface area contributed by atoms with Crippen molar-refractivity contribution in [1.82, 2.24) is 0 Å². The molecular weight excluding hydrogens is 543 g/mol. The van der Waals surface area contributed by atoms with Crippen LogP contribution < -0.4 is 9.47 Å². The van der Waals surface area contributed by atoms with Crippen molar-refractivity contribution < 1.29 is 42.5 Å². The number of hydrogen-bond donors (Lipinski definition) is 0. The highest BCUT2D eigenvalue weighted by atomic mass is 19.1. The zero-order chi connectivity index (χ0) is 30.5. The standard InChI is InChI=1S/C33H29FO8/c1-4-31(36)41-19-5-18-40-30-17-13-26(21-28(30)34)24-9-6-23(7-10-24)8-16-29(35)25-11-14-27(15-12-25)42-33(38)22(2)20-32(37)39-3/h4,6-17,21H,1-2,5,18-20H2,3H3/b16-8+. The van der Waals surface area contributed by atoms with E-state index < -0.39 is 23.7 Å². The monoisotopic (exact) mass is 572 g/mol. The molecule has 3 aromatic rings. The van der Waals surface area contributed by atoms with Crippen molar-refractivity contribution in [2.45, 2.75) is 12.8 Å². The number of allylic oxidation sites excluding steroid dienone is 1. The third kappa shape index (κ3) is 9.41. The average molecular weight is 573 g/mol. The molecule has 0 heterocycles. The van der Waals surface area contributed by atoms with Gasteiger partial charge in [0, 0.05) is 23.6 Å². The Morgan fingerprint density at radius 3 is 2.24 bits per heavy atom. The number of esters is 3. The first-order valence-corrected chi connectivity index (χ1v) is 12.8. The molecule has 0 aliphatic heterocycles. The maximum Gasteiger partial charge on any atom is 0.339 e. The van der Waals surface area contributed by atoms with E-state index in [4.69, 9.17) is 14.2 Å². The van der Waals surface area contributed by atoms with Crippen LogP contribution in [0.15, 0.2) is 97.6 Å². The second kappa shape index (κ2) is 15.5. The number of carbonyl (C=O) groups excluding carboxylic acids is 4. The SMILES string of the molecule is C=CC(=O)OCCCOc1ccc(-c2ccc(/C=C/C(=O)c3ccc(OC(=O)C(=C)CC(=O)OC)cc3)cc2)cc1F. The summed E-state index contributed by atoms with van der Waals surface area (Å²) in [5.41, 5.74) is 2.52. The molecule has 8 nitrogen and oxygen atoms in total. The number of methoxy groups -OCH3 is 1. The maximum absolute atomic E-state index is 14.5. The predicted octanol–water partition coefficient (Wildman–Crippen LogP) is 5.91. The summed E-state index contributed by atoms with van der Waals surface area (Å²) in [4.78, 5) is 46.9. The lowest BCUT2D eigenvalue weighted by Gasteiger charge is -2.09. The van der Waals surface area contributed by atoms with Gasteiger partial charge in [0.05, 0.1) is 26.7 Å². The summed E-state index contributed by atoms with van der Waals surface area (Å²) in [5, 5.41) is 0. The molecule has 9 heteroatoms. The van der Waals surface area contributed by atoms with Crippen LogP contribution in [-0.2, 0) is 23.9 Å². The molecular formula is C33H29FO8. The van der Waals surface area contributed by atoms with Gasteiger partial charge in [0.15, 0.2) is 17.3 Å². The van der Waals surface area contributed by atoms with Crippen LogP contribution in [0.3, 0.4) is 0 Å². The first-order chi connectivity index (χ1) is 20.2. The lowest BCUT2D eigenvalue weighted by atomic mass is 10.0. The molecule has 0 aliphatic rings. The van der Waals surface area contributed by atoms with Crippen molar-refractivity contribution in [3.63, 3.8) is 0 Å². The van der Waals surface area contributed by atoms with Crippen LogP contribution in [0.4, 0.5) is 4.39 Å². The highest BCUT2D eigenvalue weighted by Crippen LogP contribution is 2.26. The van der Waals surface area contributed by atoms with Crippen LogP contribution in [0.2, 0.25) is 0 Å². The Balaban J connectivity index is 1.53. The van der Waals surface area contributed by atoms with E-state index in [1.165, 1.54) is 49.6 Å². The second-order valence-electron chi connectivity index (χ2n) is 8.81. The third-order valence-electron chi connectivity index (χ3n) is 5.78. The molecule has 0 fully saturated rings. The van der Waals surface area contributed by atoms with E-state index in [1.807, 2.05) is 12.1 Å². The molecule has 3 aromatic carbocycles. The summed E-state index contributed by atoms with van der Waals surface area (Å²) < 4.78 is 34.5. The molecule has 3 rings (SSSR count). The number of benzene rings is 3. The van der Waals surface area contributed by atoms with Crippen LogP contribution >= 0.6 is 0 Å². The van der Waals surface area contributed by atoms with E-state index in [2.05, 4.69) is 17.9 Å². The van der Waals surface area contributed by atoms with Crippen molar-refractivity contribution in [1.29, 1.82) is 0 Å². The predicted molar refractivity (Wildman–Crippen MR) is 154 cm³/mol. The van der Waals surface area contributed by atoms with Crippen molar-refractivity contribution in [3.05, 3.63) is 115 Å². The molecule has 0 saturated carbocycles. The highest BCUT2D eigenvalue weighted by molar-refractivity contribution is 6.07. The van der Waals surface area contributed by atoms with Crippen LogP contribution in [0.1, 0.15) is 28.8 Å². The number of hydrogen-bond acceptors (Lipinski definition) is 8. The molecule has 0 radical (unpaired) electrons. The summed E-state index contributed by atoms with van der Waals surface area (Å²) in [6.45, 7) is 7.16. The topological polar surface area (TPSA) is 105 Å². The second-order valence-corrected chi connectivity index (χ2v) is 8.81. The minimum absolute atomic E-state index is 0.0513. The third-order valence-corrected chi connectivity index (χ3v) is 5.78. The summed E-state index contributed by atoms with van der Waals surface area (Å²) in [6, 6.07) is 17.8. The van der Waals surface area contributed by atoms with Gasteiger partial charge in [0.25, 0.3) is 0 Å². The molecule has 0 saturated heterocycles. The van der Waals surface area contributed by atoms with E-state index in [9.17, 15) is 23.6 Å². The van der Waals surface area contributed by atoms with Gasteiger partial charge in [-0.2, -0.15) is 0 Å². The van der Waals surface area contributed by atoms with Gasteiger partial charge in [-0.15, -0.1) is 0 Å². The van der Waals surface area contributed by atoms with E-state index in [-0.39, 0.29) is 42.5 Å². The van der Waals surface area contributed by atoms with Gasteiger partial charge in [0.2, 0.25) is 0 Å². The fraction of sp³-hybridized carbons (Fsp3) is 0.152. The Hall–Kier alpha value is -5.31. The van der Waals surface area contributed by atoms with Crippen molar-refractivity contribution in [3.8, 4) is 22.6 Å². The Labute approximate surface area is 242 Å². The highest BCUT2D eigenvalue weighted by Gasteiger charge is 2.15. The van der Waals surface area contributed by atoms with Gasteiger partial charge in [-0.3, -0.25) is 9.59 Å². The lowest BCUT2D eigenvalue weighted by Crippen LogP contribution is -2.14. The number of ether oxygens (including phenoxy) is 4. The fourth-order valence-corrected chi connectivity index (χ4v) is 3.51. The smallest absolute Gasteiger partial charge is 0.339 e. The number of halogens is 1. The fourth-order valence-electron chi connectivity index (χ4n) is 3.51. The van der Waals surface area contributed by atoms with Crippen molar-refractivity contribution >= 4 is 29.8 Å². The Kier molecular flexibility index (Phi) is 11.5. The number of rotatable bonds is 14. The van der Waals surface area contributed by atoms with Gasteiger partial charge in [-0.25, -0.2) is 14.0 Å². The van der Waals surface area contributed by atoms with Gasteiger partial charge < -0.3 is 18.9 Å². The molecule has 0 unspecified atom stereocenters. The molecule has 0 bridgehead atoms. The van der Waals surface area contributed by atoms with Crippen LogP contribution in [0, 0.1) is 5.82 Å². The molecule has 0 aliphatic carbocycles. The Morgan fingerprint density at radius 2 is 1.60 bits per heavy atom. The molecule has 0 aromatic heterocycles. The molecule has 0 atom stereocenters. The zero-order valence-corrected chi connectivity index (χ0v) is 23.0. The van der Waals surface area contributed by atoms with Crippen molar-refractivity contribution in [2.75, 3.05) is 20.3 Å². The van der Waals surface area contributed by atoms with Crippen molar-refractivity contribution in [2.24, 2.45) is 0 Å². The van der Waals surface area contributed by atoms with Gasteiger partial charge in [0.1, 0.15) is 5.75 Å². The number of ketones is 1. The van der Waals surface area contributed by atoms with E-state index in [1.54, 1.807) is 24.3 Å². The van der Waals surface area contributed by atoms with Gasteiger partial charge in [-0.1, -0.05) is 49.6 Å². The van der Waals surface area contributed by atoms with Crippen LogP contribution in [-0.4, -0.2) is 44.0 Å². The molecule has 216 valence electrons. The first-order valence-electron chi connectivity index (χ1n) is 12.8. The summed E-state index contributed by atoms with van der Waals surface area (Å²) in [6.07, 6.45) is 4.27. The summed E-state index contributed by atoms with van der Waals surface area (Å²) in [7, 11) is 1.21. The maximum atomic E-state index is 14.5. The normalized spacial score (nSPS) is 10.5. The average Bonchev–Trinajstić information content (AvgIpc) is 3.00. The molecule has 0 amide bonds. The van der Waals surface area contributed by atoms with E-state index in [0.29, 0.717) is 17.5 Å². The quantitative estimate of drug-likeness (QED) is 0.0772. The first kappa shape index (κ1) is 31.2. The molecule has 42 heavy (non-hydrogen) atoms. The van der Waals surface area contributed by atoms with Crippen LogP contribution in [0.25, 0.3) is 17.2 Å². The van der Waals surface area contributed by atoms with Crippen LogP contribution in [0.5, 0.6) is 11.5 Å². The zero-order valence-electron chi connectivity index (χ0n) is 23.0. The largest absolute Gasteiger partial charge is 0.490 e. The molecule has 0 spiro atoms. The summed E-state index contributed by atoms with van der Waals surface area (Å²) >= 11 is 0. The summed E-state index contributed by atoms with van der Waals surface area (Å²) in [5.74, 6) is -2.37. The minimum Gasteiger partial charge on any atom is -0.490 e. The van der Waals surface area contributed by atoms with Gasteiger partial charge in [-0.05, 0) is 59.2 Å². The Bertz CT molecular complexity index is 1490. The van der Waals surface area contributed by atoms with E-state index in [0.717, 1.165) is 17.2 Å². The molecule has 0 N–H and O–H groups in total. The van der Waals surface area contributed by atoms with E-state index >= 15 is 0 Å². The Morgan fingerprint density at radius 1 is 0.905 bits per heavy atom.